The molecule has 11 heteroatoms. The van der Waals surface area contributed by atoms with Crippen molar-refractivity contribution in [3.05, 3.63) is 58.6 Å². The molecule has 2 amide bonds. The monoisotopic (exact) mass is 570 g/mol. The normalized spacial score (nSPS) is 15.9. The number of nitrogens with zero attached hydrogens (tertiary/aromatic N) is 2. The number of benzene rings is 2. The Kier molecular flexibility index (Phi) is 10.1. The zero-order chi connectivity index (χ0) is 28.8. The van der Waals surface area contributed by atoms with Gasteiger partial charge in [-0.1, -0.05) is 30.2 Å². The molecule has 0 spiro atoms. The van der Waals surface area contributed by atoms with E-state index >= 15 is 0 Å². The smallest absolute Gasteiger partial charge is 0.430 e. The van der Waals surface area contributed by atoms with Crippen molar-refractivity contribution in [1.29, 1.82) is 0 Å². The van der Waals surface area contributed by atoms with Gasteiger partial charge in [0.2, 0.25) is 0 Å². The maximum atomic E-state index is 14.0. The minimum atomic E-state index is -5.19. The van der Waals surface area contributed by atoms with Crippen LogP contribution in [0.4, 0.5) is 13.2 Å². The van der Waals surface area contributed by atoms with E-state index in [1.165, 1.54) is 24.1 Å². The standard InChI is InChI=1S/C28H34ClF3N2O5/c1-33(2)25(35)23-11-10-22(18-24(23)29)39-16-5-4-7-19-12-14-34(15-13-19)26(36)27(37,28(30,31)32)20-8-6-9-21(17-20)38-3/h6,8-11,17-19,37H,4-5,7,12-16H2,1-3H3/t27-/m0/s1. The van der Waals surface area contributed by atoms with Crippen molar-refractivity contribution in [2.24, 2.45) is 5.92 Å². The number of amides is 2. The van der Waals surface area contributed by atoms with Crippen LogP contribution in [0.3, 0.4) is 0 Å². The van der Waals surface area contributed by atoms with Crippen LogP contribution in [-0.4, -0.2) is 73.8 Å². The Morgan fingerprint density at radius 3 is 2.36 bits per heavy atom. The van der Waals surface area contributed by atoms with Gasteiger partial charge in [-0.05, 0) is 61.9 Å². The fraction of sp³-hybridized carbons (Fsp3) is 0.500. The summed E-state index contributed by atoms with van der Waals surface area (Å²) in [7, 11) is 4.60. The molecule has 1 aliphatic rings. The highest BCUT2D eigenvalue weighted by Crippen LogP contribution is 2.42. The van der Waals surface area contributed by atoms with Gasteiger partial charge in [0.25, 0.3) is 17.4 Å². The van der Waals surface area contributed by atoms with E-state index in [1.807, 2.05) is 0 Å². The molecule has 1 aliphatic heterocycles. The number of likely N-dealkylation sites (tertiary alicyclic amines) is 1. The van der Waals surface area contributed by atoms with Crippen LogP contribution in [0.5, 0.6) is 11.5 Å². The van der Waals surface area contributed by atoms with Crippen LogP contribution < -0.4 is 9.47 Å². The number of ether oxygens (including phenoxy) is 2. The predicted molar refractivity (Wildman–Crippen MR) is 141 cm³/mol. The van der Waals surface area contributed by atoms with Crippen LogP contribution in [0.25, 0.3) is 0 Å². The second-order valence-electron chi connectivity index (χ2n) is 9.86. The van der Waals surface area contributed by atoms with E-state index in [1.54, 1.807) is 32.3 Å². The number of hydrogen-bond acceptors (Lipinski definition) is 5. The van der Waals surface area contributed by atoms with Crippen LogP contribution in [0.1, 0.15) is 48.0 Å². The summed E-state index contributed by atoms with van der Waals surface area (Å²) in [6, 6.07) is 9.80. The molecule has 1 atom stereocenters. The van der Waals surface area contributed by atoms with E-state index in [9.17, 15) is 27.9 Å². The minimum absolute atomic E-state index is 0.116. The zero-order valence-electron chi connectivity index (χ0n) is 22.3. The maximum absolute atomic E-state index is 14.0. The van der Waals surface area contributed by atoms with Crippen LogP contribution in [0.2, 0.25) is 5.02 Å². The lowest BCUT2D eigenvalue weighted by atomic mass is 9.87. The summed E-state index contributed by atoms with van der Waals surface area (Å²) < 4.78 is 52.7. The molecule has 214 valence electrons. The third-order valence-electron chi connectivity index (χ3n) is 6.96. The molecule has 1 fully saturated rings. The predicted octanol–water partition coefficient (Wildman–Crippen LogP) is 5.29. The van der Waals surface area contributed by atoms with Gasteiger partial charge in [0.05, 0.1) is 24.3 Å². The summed E-state index contributed by atoms with van der Waals surface area (Å²) >= 11 is 6.21. The van der Waals surface area contributed by atoms with Gasteiger partial charge in [0, 0.05) is 32.7 Å². The highest BCUT2D eigenvalue weighted by Gasteiger charge is 2.62. The summed E-state index contributed by atoms with van der Waals surface area (Å²) in [5, 5.41) is 11.0. The largest absolute Gasteiger partial charge is 0.497 e. The first kappa shape index (κ1) is 30.6. The molecular weight excluding hydrogens is 537 g/mol. The van der Waals surface area contributed by atoms with Crippen molar-refractivity contribution in [1.82, 2.24) is 9.80 Å². The van der Waals surface area contributed by atoms with Crippen molar-refractivity contribution in [2.75, 3.05) is 40.9 Å². The Bertz CT molecular complexity index is 1150. The fourth-order valence-electron chi connectivity index (χ4n) is 4.64. The summed E-state index contributed by atoms with van der Waals surface area (Å²) in [5.74, 6) is -0.620. The van der Waals surface area contributed by atoms with E-state index < -0.39 is 23.2 Å². The van der Waals surface area contributed by atoms with E-state index in [2.05, 4.69) is 0 Å². The highest BCUT2D eigenvalue weighted by molar-refractivity contribution is 6.34. The molecular formula is C28H34ClF3N2O5. The van der Waals surface area contributed by atoms with Crippen LogP contribution in [0, 0.1) is 5.92 Å². The number of carbonyl (C=O) groups is 2. The zero-order valence-corrected chi connectivity index (χ0v) is 23.0. The van der Waals surface area contributed by atoms with E-state index in [0.717, 1.165) is 36.3 Å². The Morgan fingerprint density at radius 2 is 1.77 bits per heavy atom. The topological polar surface area (TPSA) is 79.3 Å². The van der Waals surface area contributed by atoms with Gasteiger partial charge in [-0.25, -0.2) is 0 Å². The number of rotatable bonds is 10. The Labute approximate surface area is 231 Å². The highest BCUT2D eigenvalue weighted by atomic mass is 35.5. The number of alkyl halides is 3. The lowest BCUT2D eigenvalue weighted by Crippen LogP contribution is -2.57. The molecule has 1 heterocycles. The van der Waals surface area contributed by atoms with Gasteiger partial charge in [-0.3, -0.25) is 9.59 Å². The number of unbranched alkanes of at least 4 members (excludes halogenated alkanes) is 1. The average molecular weight is 571 g/mol. The summed E-state index contributed by atoms with van der Waals surface area (Å²) in [4.78, 5) is 27.6. The Balaban J connectivity index is 1.47. The molecule has 0 radical (unpaired) electrons. The first-order valence-corrected chi connectivity index (χ1v) is 13.1. The molecule has 0 saturated carbocycles. The molecule has 0 unspecified atom stereocenters. The molecule has 3 rings (SSSR count). The quantitative estimate of drug-likeness (QED) is 0.393. The Hall–Kier alpha value is -2.98. The van der Waals surface area contributed by atoms with Gasteiger partial charge < -0.3 is 24.4 Å². The van der Waals surface area contributed by atoms with Crippen molar-refractivity contribution in [2.45, 2.75) is 43.9 Å². The molecule has 39 heavy (non-hydrogen) atoms. The molecule has 7 nitrogen and oxygen atoms in total. The minimum Gasteiger partial charge on any atom is -0.497 e. The number of methoxy groups -OCH3 is 1. The maximum Gasteiger partial charge on any atom is 0.430 e. The molecule has 0 aliphatic carbocycles. The number of halogens is 4. The number of aliphatic hydroxyl groups is 1. The average Bonchev–Trinajstić information content (AvgIpc) is 2.91. The van der Waals surface area contributed by atoms with Crippen LogP contribution in [0.15, 0.2) is 42.5 Å². The summed E-state index contributed by atoms with van der Waals surface area (Å²) in [5.41, 5.74) is -3.82. The first-order chi connectivity index (χ1) is 18.4. The lowest BCUT2D eigenvalue weighted by molar-refractivity contribution is -0.262. The van der Waals surface area contributed by atoms with E-state index in [4.69, 9.17) is 21.1 Å². The van der Waals surface area contributed by atoms with E-state index in [0.29, 0.717) is 35.8 Å². The van der Waals surface area contributed by atoms with Crippen molar-refractivity contribution >= 4 is 23.4 Å². The molecule has 1 saturated heterocycles. The first-order valence-electron chi connectivity index (χ1n) is 12.8. The number of hydrogen-bond donors (Lipinski definition) is 1. The molecule has 2 aromatic carbocycles. The SMILES string of the molecule is COc1cccc([C@](O)(C(=O)N2CCC(CCCCOc3ccc(C(=O)N(C)C)c(Cl)c3)CC2)C(F)(F)F)c1. The Morgan fingerprint density at radius 1 is 1.08 bits per heavy atom. The van der Waals surface area contributed by atoms with E-state index in [-0.39, 0.29) is 30.7 Å². The van der Waals surface area contributed by atoms with Crippen molar-refractivity contribution in [3.8, 4) is 11.5 Å². The van der Waals surface area contributed by atoms with Gasteiger partial charge in [-0.15, -0.1) is 0 Å². The molecule has 0 aromatic heterocycles. The molecule has 2 aromatic rings. The number of carbonyl (C=O) groups excluding carboxylic acids is 2. The summed E-state index contributed by atoms with van der Waals surface area (Å²) in [6.07, 6.45) is -1.63. The molecule has 0 bridgehead atoms. The van der Waals surface area contributed by atoms with Crippen LogP contribution >= 0.6 is 11.6 Å². The van der Waals surface area contributed by atoms with Crippen LogP contribution in [-0.2, 0) is 10.4 Å². The van der Waals surface area contributed by atoms with Gasteiger partial charge >= 0.3 is 6.18 Å². The third kappa shape index (κ3) is 7.16. The number of piperidine rings is 1. The van der Waals surface area contributed by atoms with Crippen molar-refractivity contribution in [3.63, 3.8) is 0 Å². The van der Waals surface area contributed by atoms with Gasteiger partial charge in [-0.2, -0.15) is 13.2 Å². The second-order valence-corrected chi connectivity index (χ2v) is 10.3. The van der Waals surface area contributed by atoms with Gasteiger partial charge in [0.1, 0.15) is 11.5 Å². The fourth-order valence-corrected chi connectivity index (χ4v) is 4.89. The lowest BCUT2D eigenvalue weighted by Gasteiger charge is -2.38. The third-order valence-corrected chi connectivity index (χ3v) is 7.27. The molecule has 1 N–H and O–H groups in total. The van der Waals surface area contributed by atoms with Gasteiger partial charge in [0.15, 0.2) is 0 Å². The summed E-state index contributed by atoms with van der Waals surface area (Å²) in [6.45, 7) is 0.728. The van der Waals surface area contributed by atoms with Crippen molar-refractivity contribution < 1.29 is 37.3 Å². The second kappa shape index (κ2) is 12.9.